The molecule has 6 nitrogen and oxygen atoms in total. The van der Waals surface area contributed by atoms with E-state index in [-0.39, 0.29) is 35.9 Å². The molecule has 2 aliphatic heterocycles. The van der Waals surface area contributed by atoms with Gasteiger partial charge in [0.15, 0.2) is 12.3 Å². The highest BCUT2D eigenvalue weighted by molar-refractivity contribution is 5.87. The Balaban J connectivity index is 0.000000169. The van der Waals surface area contributed by atoms with E-state index in [1.165, 1.54) is 11.3 Å². The fourth-order valence-electron chi connectivity index (χ4n) is 7.41. The lowest BCUT2D eigenvalue weighted by Gasteiger charge is -2.43. The molecule has 2 saturated carbocycles. The highest BCUT2D eigenvalue weighted by Gasteiger charge is 2.59. The maximum absolute atomic E-state index is 14.5. The van der Waals surface area contributed by atoms with Crippen LogP contribution in [0, 0.1) is 22.7 Å². The molecule has 226 valence electrons. The Labute approximate surface area is 247 Å². The lowest BCUT2D eigenvalue weighted by atomic mass is 9.60. The van der Waals surface area contributed by atoms with Gasteiger partial charge in [-0.15, -0.1) is 0 Å². The molecular formula is C34H42F2N2O4. The van der Waals surface area contributed by atoms with Gasteiger partial charge in [-0.05, 0) is 56.1 Å². The molecule has 0 bridgehead atoms. The van der Waals surface area contributed by atoms with Gasteiger partial charge in [0.05, 0.1) is 17.5 Å². The van der Waals surface area contributed by atoms with Crippen LogP contribution in [0.15, 0.2) is 60.7 Å². The minimum Gasteiger partial charge on any atom is -0.481 e. The third-order valence-electron chi connectivity index (χ3n) is 10.8. The molecule has 2 amide bonds. The van der Waals surface area contributed by atoms with E-state index >= 15 is 0 Å². The number of carbonyl (C=O) groups excluding carboxylic acids is 2. The second kappa shape index (κ2) is 11.8. The predicted molar refractivity (Wildman–Crippen MR) is 156 cm³/mol. The van der Waals surface area contributed by atoms with E-state index in [4.69, 9.17) is 0 Å². The van der Waals surface area contributed by atoms with E-state index in [1.54, 1.807) is 4.90 Å². The quantitative estimate of drug-likeness (QED) is 0.404. The molecule has 0 aromatic heterocycles. The van der Waals surface area contributed by atoms with Crippen molar-refractivity contribution in [1.82, 2.24) is 9.80 Å². The number of rotatable bonds is 7. The topological polar surface area (TPSA) is 77.9 Å². The van der Waals surface area contributed by atoms with E-state index in [0.717, 1.165) is 30.4 Å². The molecule has 1 unspecified atom stereocenters. The maximum Gasteiger partial charge on any atom is 0.310 e. The molecule has 6 atom stereocenters. The van der Waals surface area contributed by atoms with Gasteiger partial charge in [0.2, 0.25) is 0 Å². The van der Waals surface area contributed by atoms with E-state index < -0.39 is 35.6 Å². The fraction of sp³-hybridized carbons (Fsp3) is 0.559. The van der Waals surface area contributed by atoms with Crippen LogP contribution in [0.25, 0.3) is 0 Å². The Hall–Kier alpha value is -3.29. The first-order chi connectivity index (χ1) is 20.0. The van der Waals surface area contributed by atoms with Crippen molar-refractivity contribution in [2.45, 2.75) is 83.7 Å². The van der Waals surface area contributed by atoms with Gasteiger partial charge in [0, 0.05) is 24.9 Å². The van der Waals surface area contributed by atoms with Crippen LogP contribution >= 0.6 is 0 Å². The van der Waals surface area contributed by atoms with Gasteiger partial charge in [-0.25, -0.2) is 8.78 Å². The van der Waals surface area contributed by atoms with Crippen LogP contribution in [0.3, 0.4) is 0 Å². The summed E-state index contributed by atoms with van der Waals surface area (Å²) in [6.45, 7) is 6.73. The third-order valence-corrected chi connectivity index (χ3v) is 10.8. The smallest absolute Gasteiger partial charge is 0.310 e. The summed E-state index contributed by atoms with van der Waals surface area (Å²) in [5.41, 5.74) is 0.981. The highest BCUT2D eigenvalue weighted by Crippen LogP contribution is 2.53. The van der Waals surface area contributed by atoms with Crippen molar-refractivity contribution < 1.29 is 28.3 Å². The molecule has 2 saturated heterocycles. The minimum atomic E-state index is -1.71. The van der Waals surface area contributed by atoms with E-state index in [9.17, 15) is 28.3 Å². The summed E-state index contributed by atoms with van der Waals surface area (Å²) in [4.78, 5) is 39.4. The van der Waals surface area contributed by atoms with Crippen LogP contribution in [0.5, 0.6) is 0 Å². The number of carboxylic acids is 1. The van der Waals surface area contributed by atoms with Crippen molar-refractivity contribution >= 4 is 17.8 Å². The number of hydrogen-bond donors (Lipinski definition) is 1. The zero-order chi connectivity index (χ0) is 30.2. The molecule has 0 spiro atoms. The summed E-state index contributed by atoms with van der Waals surface area (Å²) in [6.07, 6.45) is 1.98. The van der Waals surface area contributed by atoms with Gasteiger partial charge in [-0.2, -0.15) is 0 Å². The SMILES string of the molecule is C[C@@H](c1ccccc1)N1C[C@H](C2(C(=O)O)CCC2)C(F)C1=O.C[C@@H](c1ccccc1)N1C[C@H](C2(C)CCC2)[C@H](F)C1=O. The zero-order valence-electron chi connectivity index (χ0n) is 24.7. The largest absolute Gasteiger partial charge is 0.481 e. The summed E-state index contributed by atoms with van der Waals surface area (Å²) >= 11 is 0. The molecule has 4 fully saturated rings. The summed E-state index contributed by atoms with van der Waals surface area (Å²) in [6, 6.07) is 19.0. The molecule has 8 heteroatoms. The summed E-state index contributed by atoms with van der Waals surface area (Å²) < 4.78 is 29.0. The number of benzene rings is 2. The Morgan fingerprint density at radius 2 is 1.17 bits per heavy atom. The minimum absolute atomic E-state index is 0.0280. The number of nitrogens with zero attached hydrogens (tertiary/aromatic N) is 2. The average molecular weight is 581 g/mol. The second-order valence-electron chi connectivity index (χ2n) is 13.0. The first kappa shape index (κ1) is 30.2. The molecule has 2 aromatic rings. The van der Waals surface area contributed by atoms with Crippen LogP contribution < -0.4 is 0 Å². The number of aliphatic carboxylic acids is 1. The van der Waals surface area contributed by atoms with E-state index in [1.807, 2.05) is 74.5 Å². The number of amides is 2. The number of likely N-dealkylation sites (tertiary alicyclic amines) is 2. The summed E-state index contributed by atoms with van der Waals surface area (Å²) in [5, 5.41) is 9.49. The normalized spacial score (nSPS) is 29.2. The van der Waals surface area contributed by atoms with Crippen molar-refractivity contribution in [1.29, 1.82) is 0 Å². The first-order valence-corrected chi connectivity index (χ1v) is 15.2. The van der Waals surface area contributed by atoms with Gasteiger partial charge in [0.25, 0.3) is 11.8 Å². The molecule has 1 N–H and O–H groups in total. The lowest BCUT2D eigenvalue weighted by molar-refractivity contribution is -0.161. The van der Waals surface area contributed by atoms with Gasteiger partial charge >= 0.3 is 5.97 Å². The van der Waals surface area contributed by atoms with Gasteiger partial charge < -0.3 is 14.9 Å². The van der Waals surface area contributed by atoms with Crippen molar-refractivity contribution in [3.05, 3.63) is 71.8 Å². The predicted octanol–water partition coefficient (Wildman–Crippen LogP) is 6.53. The van der Waals surface area contributed by atoms with E-state index in [2.05, 4.69) is 6.92 Å². The van der Waals surface area contributed by atoms with Crippen molar-refractivity contribution in [2.75, 3.05) is 13.1 Å². The van der Waals surface area contributed by atoms with Crippen molar-refractivity contribution in [2.24, 2.45) is 22.7 Å². The molecule has 42 heavy (non-hydrogen) atoms. The number of carboxylic acid groups (broad SMARTS) is 1. The van der Waals surface area contributed by atoms with Crippen LogP contribution in [0.4, 0.5) is 8.78 Å². The molecule has 4 aliphatic rings. The molecule has 2 aromatic carbocycles. The van der Waals surface area contributed by atoms with Gasteiger partial charge in [0.1, 0.15) is 0 Å². The van der Waals surface area contributed by atoms with E-state index in [0.29, 0.717) is 19.4 Å². The molecule has 2 heterocycles. The van der Waals surface area contributed by atoms with Gasteiger partial charge in [-0.3, -0.25) is 14.4 Å². The molecular weight excluding hydrogens is 538 g/mol. The van der Waals surface area contributed by atoms with Crippen molar-refractivity contribution in [3.63, 3.8) is 0 Å². The maximum atomic E-state index is 14.5. The highest BCUT2D eigenvalue weighted by atomic mass is 19.1. The second-order valence-corrected chi connectivity index (χ2v) is 13.0. The summed E-state index contributed by atoms with van der Waals surface area (Å²) in [5.74, 6) is -2.73. The molecule has 6 rings (SSSR count). The first-order valence-electron chi connectivity index (χ1n) is 15.2. The Bertz CT molecular complexity index is 1280. The van der Waals surface area contributed by atoms with Crippen molar-refractivity contribution in [3.8, 4) is 0 Å². The Morgan fingerprint density at radius 1 is 0.762 bits per heavy atom. The Kier molecular flexibility index (Phi) is 8.46. The third kappa shape index (κ3) is 5.22. The van der Waals surface area contributed by atoms with Crippen LogP contribution in [-0.4, -0.2) is 58.1 Å². The number of hydrogen-bond acceptors (Lipinski definition) is 3. The van der Waals surface area contributed by atoms with Crippen LogP contribution in [0.2, 0.25) is 0 Å². The number of alkyl halides is 2. The van der Waals surface area contributed by atoms with Crippen LogP contribution in [0.1, 0.15) is 82.5 Å². The monoisotopic (exact) mass is 580 g/mol. The number of carbonyl (C=O) groups is 3. The van der Waals surface area contributed by atoms with Crippen LogP contribution in [-0.2, 0) is 14.4 Å². The average Bonchev–Trinajstić information content (AvgIpc) is 3.42. The Morgan fingerprint density at radius 3 is 1.52 bits per heavy atom. The standard InChI is InChI=1S/C17H20FNO3.C17H22FNO/c1-11(12-6-3-2-4-7-12)19-10-13(14(18)15(19)20)17(16(21)22)8-5-9-17;1-12(13-7-4-3-5-8-13)19-11-14(15(18)16(19)20)17(2)9-6-10-17/h2-4,6-7,11,13-14H,5,8-10H2,1H3,(H,21,22);3-5,7-8,12,14-15H,6,9-11H2,1-2H3/t11-,13-,14?;12-,14-,15-/m00/s1. The molecule has 0 radical (unpaired) electrons. The fourth-order valence-corrected chi connectivity index (χ4v) is 7.41. The number of halogens is 2. The molecule has 2 aliphatic carbocycles. The zero-order valence-corrected chi connectivity index (χ0v) is 24.7. The lowest BCUT2D eigenvalue weighted by Crippen LogP contribution is -2.48. The van der Waals surface area contributed by atoms with Gasteiger partial charge in [-0.1, -0.05) is 80.4 Å². The summed E-state index contributed by atoms with van der Waals surface area (Å²) in [7, 11) is 0.